The number of aromatic hydroxyl groups is 1. The van der Waals surface area contributed by atoms with Gasteiger partial charge >= 0.3 is 0 Å². The summed E-state index contributed by atoms with van der Waals surface area (Å²) in [6.45, 7) is 0. The smallest absolute Gasteiger partial charge is 0.283 e. The maximum Gasteiger partial charge on any atom is 0.283 e. The molecule has 0 spiro atoms. The van der Waals surface area contributed by atoms with Crippen molar-refractivity contribution in [2.45, 2.75) is 0 Å². The third-order valence-corrected chi connectivity index (χ3v) is 2.48. The van der Waals surface area contributed by atoms with Crippen LogP contribution in [0, 0.1) is 0 Å². The molecule has 1 aromatic heterocycles. The van der Waals surface area contributed by atoms with Gasteiger partial charge in [-0.05, 0) is 24.3 Å². The maximum absolute atomic E-state index is 11.0. The summed E-state index contributed by atoms with van der Waals surface area (Å²) in [7, 11) is 0. The van der Waals surface area contributed by atoms with Crippen molar-refractivity contribution in [3.63, 3.8) is 0 Å². The Morgan fingerprint density at radius 1 is 1.00 bits per heavy atom. The van der Waals surface area contributed by atoms with Crippen molar-refractivity contribution in [1.29, 1.82) is 0 Å². The molecule has 0 aliphatic rings. The second-order valence-electron chi connectivity index (χ2n) is 4.07. The molecule has 0 atom stereocenters. The van der Waals surface area contributed by atoms with Crippen LogP contribution < -0.4 is 22.5 Å². The van der Waals surface area contributed by atoms with Crippen molar-refractivity contribution in [1.82, 2.24) is 15.8 Å². The van der Waals surface area contributed by atoms with Gasteiger partial charge in [0, 0.05) is 5.56 Å². The van der Waals surface area contributed by atoms with Gasteiger partial charge in [-0.1, -0.05) is 18.2 Å². The number of pyridine rings is 1. The number of rotatable bonds is 3. The zero-order valence-electron chi connectivity index (χ0n) is 11.9. The Balaban J connectivity index is 0.000000253. The van der Waals surface area contributed by atoms with Crippen LogP contribution in [0.4, 0.5) is 0 Å². The van der Waals surface area contributed by atoms with Gasteiger partial charge in [-0.3, -0.25) is 25.2 Å². The van der Waals surface area contributed by atoms with Gasteiger partial charge in [-0.25, -0.2) is 16.7 Å². The zero-order valence-corrected chi connectivity index (χ0v) is 11.9. The SMILES string of the molecule is NNC(=O)c1cccc(C(=O)NN)n1.O=Cc1cccc(O)c1. The molecular weight excluding hydrogens is 302 g/mol. The number of phenolic OH excluding ortho intramolecular Hbond substituents is 1. The molecule has 9 nitrogen and oxygen atoms in total. The first-order valence-electron chi connectivity index (χ1n) is 6.25. The van der Waals surface area contributed by atoms with Crippen LogP contribution in [0.2, 0.25) is 0 Å². The average molecular weight is 317 g/mol. The second-order valence-corrected chi connectivity index (χ2v) is 4.07. The number of phenols is 1. The first kappa shape index (κ1) is 17.8. The summed E-state index contributed by atoms with van der Waals surface area (Å²) in [5, 5.41) is 8.79. The lowest BCUT2D eigenvalue weighted by Crippen LogP contribution is -2.33. The van der Waals surface area contributed by atoms with Gasteiger partial charge in [0.15, 0.2) is 0 Å². The highest BCUT2D eigenvalue weighted by Crippen LogP contribution is 2.08. The first-order chi connectivity index (χ1) is 11.0. The number of nitrogens with two attached hydrogens (primary N) is 2. The van der Waals surface area contributed by atoms with E-state index in [1.165, 1.54) is 30.3 Å². The Hall–Kier alpha value is -3.30. The standard InChI is InChI=1S/C7H9N5O2.C7H6O2/c8-11-6(13)4-2-1-3-5(10-4)7(14)12-9;8-5-6-2-1-3-7(9)4-6/h1-3H,8-9H2,(H,11,13)(H,12,14);1-5,9H. The normalized spacial score (nSPS) is 9.13. The Bertz CT molecular complexity index is 674. The van der Waals surface area contributed by atoms with Crippen molar-refractivity contribution >= 4 is 18.1 Å². The fraction of sp³-hybridized carbons (Fsp3) is 0. The Morgan fingerprint density at radius 2 is 1.52 bits per heavy atom. The molecule has 2 aromatic rings. The molecule has 0 aliphatic heterocycles. The monoisotopic (exact) mass is 317 g/mol. The number of hydrogen-bond donors (Lipinski definition) is 5. The van der Waals surface area contributed by atoms with Gasteiger partial charge in [-0.15, -0.1) is 0 Å². The van der Waals surface area contributed by atoms with Crippen LogP contribution in [-0.2, 0) is 0 Å². The largest absolute Gasteiger partial charge is 0.508 e. The lowest BCUT2D eigenvalue weighted by Gasteiger charge is -2.01. The number of amides is 2. The van der Waals surface area contributed by atoms with Gasteiger partial charge in [0.25, 0.3) is 11.8 Å². The summed E-state index contributed by atoms with van der Waals surface area (Å²) in [5.74, 6) is 8.78. The number of hydrazine groups is 2. The van der Waals surface area contributed by atoms with Crippen molar-refractivity contribution in [3.8, 4) is 5.75 Å². The lowest BCUT2D eigenvalue weighted by molar-refractivity contribution is 0.0943. The summed E-state index contributed by atoms with van der Waals surface area (Å²) < 4.78 is 0. The molecule has 0 fully saturated rings. The van der Waals surface area contributed by atoms with Crippen LogP contribution in [0.25, 0.3) is 0 Å². The zero-order chi connectivity index (χ0) is 17.2. The van der Waals surface area contributed by atoms with Crippen LogP contribution in [0.5, 0.6) is 5.75 Å². The molecule has 0 radical (unpaired) electrons. The van der Waals surface area contributed by atoms with Gasteiger partial charge in [-0.2, -0.15) is 0 Å². The lowest BCUT2D eigenvalue weighted by atomic mass is 10.2. The second kappa shape index (κ2) is 8.87. The number of hydrogen-bond acceptors (Lipinski definition) is 7. The van der Waals surface area contributed by atoms with Crippen molar-refractivity contribution < 1.29 is 19.5 Å². The third-order valence-electron chi connectivity index (χ3n) is 2.48. The molecule has 2 amide bonds. The summed E-state index contributed by atoms with van der Waals surface area (Å²) in [6, 6.07) is 10.5. The van der Waals surface area contributed by atoms with E-state index in [0.29, 0.717) is 11.8 Å². The van der Waals surface area contributed by atoms with E-state index < -0.39 is 11.8 Å². The van der Waals surface area contributed by atoms with Gasteiger partial charge in [0.05, 0.1) is 0 Å². The van der Waals surface area contributed by atoms with E-state index >= 15 is 0 Å². The fourth-order valence-corrected chi connectivity index (χ4v) is 1.43. The molecule has 0 unspecified atom stereocenters. The average Bonchev–Trinajstić information content (AvgIpc) is 2.60. The molecule has 120 valence electrons. The van der Waals surface area contributed by atoms with Gasteiger partial charge in [0.1, 0.15) is 23.4 Å². The number of nitrogen functional groups attached to an aromatic ring is 2. The van der Waals surface area contributed by atoms with Crippen molar-refractivity contribution in [2.24, 2.45) is 11.7 Å². The quantitative estimate of drug-likeness (QED) is 0.220. The number of nitrogens with zero attached hydrogens (tertiary/aromatic N) is 1. The third kappa shape index (κ3) is 5.53. The van der Waals surface area contributed by atoms with Crippen LogP contribution in [0.15, 0.2) is 42.5 Å². The molecule has 1 heterocycles. The Labute approximate surface area is 131 Å². The molecule has 0 saturated heterocycles. The molecule has 0 saturated carbocycles. The summed E-state index contributed by atoms with van der Waals surface area (Å²) in [5.41, 5.74) is 4.40. The van der Waals surface area contributed by atoms with Crippen molar-refractivity contribution in [2.75, 3.05) is 0 Å². The van der Waals surface area contributed by atoms with Crippen LogP contribution in [0.1, 0.15) is 31.3 Å². The molecular formula is C14H15N5O4. The van der Waals surface area contributed by atoms with E-state index in [4.69, 9.17) is 16.8 Å². The van der Waals surface area contributed by atoms with E-state index in [-0.39, 0.29) is 17.1 Å². The van der Waals surface area contributed by atoms with E-state index in [1.807, 2.05) is 10.9 Å². The van der Waals surface area contributed by atoms with E-state index in [2.05, 4.69) is 4.98 Å². The van der Waals surface area contributed by atoms with E-state index in [0.717, 1.165) is 0 Å². The summed E-state index contributed by atoms with van der Waals surface area (Å²) in [6.07, 6.45) is 0.694. The number of aromatic nitrogens is 1. The molecule has 0 aliphatic carbocycles. The maximum atomic E-state index is 11.0. The molecule has 23 heavy (non-hydrogen) atoms. The van der Waals surface area contributed by atoms with Crippen LogP contribution in [0.3, 0.4) is 0 Å². The molecule has 7 N–H and O–H groups in total. The van der Waals surface area contributed by atoms with Gasteiger partial charge < -0.3 is 5.11 Å². The van der Waals surface area contributed by atoms with Gasteiger partial charge in [0.2, 0.25) is 0 Å². The van der Waals surface area contributed by atoms with E-state index in [9.17, 15) is 14.4 Å². The van der Waals surface area contributed by atoms with Crippen LogP contribution >= 0.6 is 0 Å². The Kier molecular flexibility index (Phi) is 6.85. The highest BCUT2D eigenvalue weighted by Gasteiger charge is 2.09. The molecule has 9 heteroatoms. The highest BCUT2D eigenvalue weighted by atomic mass is 16.3. The predicted octanol–water partition coefficient (Wildman–Crippen LogP) is -0.507. The molecule has 0 bridgehead atoms. The number of nitrogens with one attached hydrogen (secondary N) is 2. The number of benzene rings is 1. The topological polar surface area (TPSA) is 160 Å². The molecule has 2 rings (SSSR count). The molecule has 1 aromatic carbocycles. The van der Waals surface area contributed by atoms with Crippen molar-refractivity contribution in [3.05, 3.63) is 59.4 Å². The van der Waals surface area contributed by atoms with Crippen LogP contribution in [-0.4, -0.2) is 28.2 Å². The number of carbonyl (C=O) groups is 3. The number of carbonyl (C=O) groups excluding carboxylic acids is 3. The van der Waals surface area contributed by atoms with E-state index in [1.54, 1.807) is 12.1 Å². The minimum absolute atomic E-state index is 0.0496. The number of aldehydes is 1. The Morgan fingerprint density at radius 3 is 1.91 bits per heavy atom. The minimum atomic E-state index is -0.573. The summed E-state index contributed by atoms with van der Waals surface area (Å²) in [4.78, 5) is 35.8. The predicted molar refractivity (Wildman–Crippen MR) is 81.0 cm³/mol. The highest BCUT2D eigenvalue weighted by molar-refractivity contribution is 5.95. The first-order valence-corrected chi connectivity index (χ1v) is 6.25. The minimum Gasteiger partial charge on any atom is -0.508 e. The fourth-order valence-electron chi connectivity index (χ4n) is 1.43. The summed E-state index contributed by atoms with van der Waals surface area (Å²) >= 11 is 0.